The van der Waals surface area contributed by atoms with E-state index >= 15 is 0 Å². The molecule has 0 unspecified atom stereocenters. The lowest BCUT2D eigenvalue weighted by Gasteiger charge is -2.28. The summed E-state index contributed by atoms with van der Waals surface area (Å²) in [6, 6.07) is 3.15. The van der Waals surface area contributed by atoms with Crippen LogP contribution >= 0.6 is 0 Å². The van der Waals surface area contributed by atoms with Crippen LogP contribution in [0.3, 0.4) is 0 Å². The predicted molar refractivity (Wildman–Crippen MR) is 82.9 cm³/mol. The fourth-order valence-electron chi connectivity index (χ4n) is 2.61. The van der Waals surface area contributed by atoms with Gasteiger partial charge in [0, 0.05) is 37.2 Å². The second-order valence-corrected chi connectivity index (χ2v) is 6.82. The number of hydrogen-bond acceptors (Lipinski definition) is 2. The van der Waals surface area contributed by atoms with E-state index in [1.807, 2.05) is 20.8 Å². The number of carbonyl (C=O) groups is 2. The molecular formula is C17H22F2N2O2. The van der Waals surface area contributed by atoms with Crippen LogP contribution in [-0.4, -0.2) is 47.8 Å². The van der Waals surface area contributed by atoms with Crippen LogP contribution in [0.5, 0.6) is 0 Å². The largest absolute Gasteiger partial charge is 0.340 e. The Hall–Kier alpha value is -1.98. The summed E-state index contributed by atoms with van der Waals surface area (Å²) < 4.78 is 26.3. The normalized spacial score (nSPS) is 16.2. The fraction of sp³-hybridized carbons (Fsp3) is 0.529. The molecule has 6 heteroatoms. The minimum absolute atomic E-state index is 0.0552. The molecule has 1 aliphatic rings. The molecule has 0 radical (unpaired) electrons. The number of rotatable bonds is 1. The van der Waals surface area contributed by atoms with Gasteiger partial charge in [0.1, 0.15) is 0 Å². The summed E-state index contributed by atoms with van der Waals surface area (Å²) in [7, 11) is 0. The van der Waals surface area contributed by atoms with Crippen LogP contribution < -0.4 is 0 Å². The molecule has 0 N–H and O–H groups in total. The summed E-state index contributed by atoms with van der Waals surface area (Å²) in [5, 5.41) is 0. The molecule has 0 aromatic heterocycles. The third kappa shape index (κ3) is 4.06. The lowest BCUT2D eigenvalue weighted by molar-refractivity contribution is -0.139. The monoisotopic (exact) mass is 324 g/mol. The SMILES string of the molecule is CC(C)(C)C(=O)N1CCCN(C(=O)c2ccc(F)c(F)c2)CC1. The van der Waals surface area contributed by atoms with Gasteiger partial charge in [-0.15, -0.1) is 0 Å². The maximum atomic E-state index is 13.3. The van der Waals surface area contributed by atoms with E-state index in [0.717, 1.165) is 12.1 Å². The Morgan fingerprint density at radius 3 is 2.17 bits per heavy atom. The first kappa shape index (κ1) is 17.4. The van der Waals surface area contributed by atoms with Crippen molar-refractivity contribution in [3.63, 3.8) is 0 Å². The zero-order valence-electron chi connectivity index (χ0n) is 13.7. The van der Waals surface area contributed by atoms with Crippen molar-refractivity contribution in [3.05, 3.63) is 35.4 Å². The molecule has 0 aliphatic carbocycles. The molecule has 2 amide bonds. The maximum Gasteiger partial charge on any atom is 0.254 e. The Morgan fingerprint density at radius 2 is 1.57 bits per heavy atom. The molecule has 1 saturated heterocycles. The lowest BCUT2D eigenvalue weighted by Crippen LogP contribution is -2.42. The van der Waals surface area contributed by atoms with Crippen LogP contribution in [0.4, 0.5) is 8.78 Å². The van der Waals surface area contributed by atoms with E-state index in [1.165, 1.54) is 6.07 Å². The van der Waals surface area contributed by atoms with Gasteiger partial charge < -0.3 is 9.80 Å². The molecule has 23 heavy (non-hydrogen) atoms. The third-order valence-electron chi connectivity index (χ3n) is 3.88. The Labute approximate surface area is 135 Å². The van der Waals surface area contributed by atoms with Gasteiger partial charge in [-0.1, -0.05) is 20.8 Å². The molecular weight excluding hydrogens is 302 g/mol. The molecule has 1 heterocycles. The van der Waals surface area contributed by atoms with Gasteiger partial charge >= 0.3 is 0 Å². The minimum atomic E-state index is -1.03. The lowest BCUT2D eigenvalue weighted by atomic mass is 9.94. The first-order valence-electron chi connectivity index (χ1n) is 7.74. The van der Waals surface area contributed by atoms with Crippen molar-refractivity contribution in [3.8, 4) is 0 Å². The molecule has 0 atom stereocenters. The smallest absolute Gasteiger partial charge is 0.254 e. The van der Waals surface area contributed by atoms with Crippen molar-refractivity contribution in [1.29, 1.82) is 0 Å². The van der Waals surface area contributed by atoms with Crippen molar-refractivity contribution < 1.29 is 18.4 Å². The molecule has 0 saturated carbocycles. The average Bonchev–Trinajstić information content (AvgIpc) is 2.73. The van der Waals surface area contributed by atoms with Gasteiger partial charge in [0.2, 0.25) is 5.91 Å². The number of nitrogens with zero attached hydrogens (tertiary/aromatic N) is 2. The third-order valence-corrected chi connectivity index (χ3v) is 3.88. The summed E-state index contributed by atoms with van der Waals surface area (Å²) in [4.78, 5) is 28.1. The zero-order chi connectivity index (χ0) is 17.2. The van der Waals surface area contributed by atoms with E-state index in [4.69, 9.17) is 0 Å². The van der Waals surface area contributed by atoms with E-state index in [-0.39, 0.29) is 17.4 Å². The number of halogens is 2. The Kier molecular flexibility index (Phi) is 5.02. The van der Waals surface area contributed by atoms with E-state index in [2.05, 4.69) is 0 Å². The summed E-state index contributed by atoms with van der Waals surface area (Å²) in [5.74, 6) is -2.29. The molecule has 1 aromatic carbocycles. The first-order chi connectivity index (χ1) is 10.7. The van der Waals surface area contributed by atoms with Gasteiger partial charge in [-0.25, -0.2) is 8.78 Å². The summed E-state index contributed by atoms with van der Waals surface area (Å²) in [6.07, 6.45) is 0.664. The quantitative estimate of drug-likeness (QED) is 0.797. The number of benzene rings is 1. The van der Waals surface area contributed by atoms with Gasteiger partial charge in [-0.2, -0.15) is 0 Å². The highest BCUT2D eigenvalue weighted by Gasteiger charge is 2.29. The van der Waals surface area contributed by atoms with E-state index < -0.39 is 17.0 Å². The van der Waals surface area contributed by atoms with Crippen LogP contribution in [-0.2, 0) is 4.79 Å². The van der Waals surface area contributed by atoms with Gasteiger partial charge in [0.25, 0.3) is 5.91 Å². The van der Waals surface area contributed by atoms with Crippen LogP contribution in [0.25, 0.3) is 0 Å². The Balaban J connectivity index is 2.06. The average molecular weight is 324 g/mol. The van der Waals surface area contributed by atoms with E-state index in [1.54, 1.807) is 9.80 Å². The van der Waals surface area contributed by atoms with Crippen molar-refractivity contribution in [2.24, 2.45) is 5.41 Å². The van der Waals surface area contributed by atoms with Crippen LogP contribution in [0.15, 0.2) is 18.2 Å². The first-order valence-corrected chi connectivity index (χ1v) is 7.74. The highest BCUT2D eigenvalue weighted by molar-refractivity contribution is 5.94. The molecule has 1 aliphatic heterocycles. The van der Waals surface area contributed by atoms with Crippen molar-refractivity contribution >= 4 is 11.8 Å². The van der Waals surface area contributed by atoms with Gasteiger partial charge in [-0.05, 0) is 24.6 Å². The van der Waals surface area contributed by atoms with Crippen molar-refractivity contribution in [2.45, 2.75) is 27.2 Å². The summed E-state index contributed by atoms with van der Waals surface area (Å²) >= 11 is 0. The molecule has 4 nitrogen and oxygen atoms in total. The maximum absolute atomic E-state index is 13.3. The molecule has 126 valence electrons. The van der Waals surface area contributed by atoms with Crippen molar-refractivity contribution in [2.75, 3.05) is 26.2 Å². The standard InChI is InChI=1S/C17H22F2N2O2/c1-17(2,3)16(23)21-8-4-7-20(9-10-21)15(22)12-5-6-13(18)14(19)11-12/h5-6,11H,4,7-10H2,1-3H3. The summed E-state index contributed by atoms with van der Waals surface area (Å²) in [6.45, 7) is 7.52. The summed E-state index contributed by atoms with van der Waals surface area (Å²) in [5.41, 5.74) is -0.335. The molecule has 0 bridgehead atoms. The van der Waals surface area contributed by atoms with E-state index in [9.17, 15) is 18.4 Å². The molecule has 1 fully saturated rings. The van der Waals surface area contributed by atoms with Crippen molar-refractivity contribution in [1.82, 2.24) is 9.80 Å². The minimum Gasteiger partial charge on any atom is -0.340 e. The Morgan fingerprint density at radius 1 is 0.957 bits per heavy atom. The van der Waals surface area contributed by atoms with Crippen LogP contribution in [0.1, 0.15) is 37.6 Å². The number of hydrogen-bond donors (Lipinski definition) is 0. The van der Waals surface area contributed by atoms with E-state index in [0.29, 0.717) is 32.6 Å². The van der Waals surface area contributed by atoms with Gasteiger partial charge in [0.15, 0.2) is 11.6 Å². The zero-order valence-corrected chi connectivity index (χ0v) is 13.7. The second kappa shape index (κ2) is 6.64. The topological polar surface area (TPSA) is 40.6 Å². The van der Waals surface area contributed by atoms with Gasteiger partial charge in [0.05, 0.1) is 0 Å². The highest BCUT2D eigenvalue weighted by Crippen LogP contribution is 2.19. The fourth-order valence-corrected chi connectivity index (χ4v) is 2.61. The van der Waals surface area contributed by atoms with Gasteiger partial charge in [-0.3, -0.25) is 9.59 Å². The molecule has 1 aromatic rings. The second-order valence-electron chi connectivity index (χ2n) is 6.82. The Bertz CT molecular complexity index is 611. The highest BCUT2D eigenvalue weighted by atomic mass is 19.2. The van der Waals surface area contributed by atoms with Crippen LogP contribution in [0, 0.1) is 17.0 Å². The van der Waals surface area contributed by atoms with Crippen LogP contribution in [0.2, 0.25) is 0 Å². The predicted octanol–water partition coefficient (Wildman–Crippen LogP) is 2.69. The number of carbonyl (C=O) groups excluding carboxylic acids is 2. The molecule has 0 spiro atoms. The number of amides is 2. The molecule has 2 rings (SSSR count).